The standard InChI is InChI=1S/C15H12ClF3N4/c1-7(2)23-11-6-8(10-3-4-20-15(16)21-10)5-9(17)12(11)22-14(23)13(18)19/h3-7,13H,1-2H3. The monoisotopic (exact) mass is 340 g/mol. The van der Waals surface area contributed by atoms with E-state index < -0.39 is 18.1 Å². The summed E-state index contributed by atoms with van der Waals surface area (Å²) in [5.74, 6) is -1.14. The molecule has 0 saturated heterocycles. The zero-order valence-electron chi connectivity index (χ0n) is 12.3. The number of aromatic nitrogens is 4. The Morgan fingerprint density at radius 2 is 1.91 bits per heavy atom. The maximum atomic E-state index is 14.4. The molecule has 0 N–H and O–H groups in total. The van der Waals surface area contributed by atoms with Crippen LogP contribution in [0.15, 0.2) is 24.4 Å². The van der Waals surface area contributed by atoms with Crippen LogP contribution in [-0.2, 0) is 0 Å². The van der Waals surface area contributed by atoms with E-state index in [4.69, 9.17) is 11.6 Å². The van der Waals surface area contributed by atoms with Crippen LogP contribution in [0.2, 0.25) is 5.28 Å². The first-order chi connectivity index (χ1) is 10.9. The largest absolute Gasteiger partial charge is 0.320 e. The lowest BCUT2D eigenvalue weighted by molar-refractivity contribution is 0.134. The molecule has 4 nitrogen and oxygen atoms in total. The van der Waals surface area contributed by atoms with E-state index in [0.717, 1.165) is 0 Å². The Kier molecular flexibility index (Phi) is 3.97. The summed E-state index contributed by atoms with van der Waals surface area (Å²) in [6.45, 7) is 3.47. The third kappa shape index (κ3) is 2.76. The van der Waals surface area contributed by atoms with Crippen LogP contribution in [0.4, 0.5) is 13.2 Å². The second-order valence-corrected chi connectivity index (χ2v) is 5.61. The molecule has 8 heteroatoms. The zero-order valence-corrected chi connectivity index (χ0v) is 13.0. The fourth-order valence-electron chi connectivity index (χ4n) is 2.51. The number of hydrogen-bond acceptors (Lipinski definition) is 3. The van der Waals surface area contributed by atoms with Gasteiger partial charge in [0.1, 0.15) is 5.52 Å². The van der Waals surface area contributed by atoms with Crippen LogP contribution in [0.5, 0.6) is 0 Å². The van der Waals surface area contributed by atoms with E-state index in [2.05, 4.69) is 15.0 Å². The zero-order chi connectivity index (χ0) is 16.7. The van der Waals surface area contributed by atoms with E-state index >= 15 is 0 Å². The number of hydrogen-bond donors (Lipinski definition) is 0. The first kappa shape index (κ1) is 15.7. The van der Waals surface area contributed by atoms with Crippen molar-refractivity contribution in [3.8, 4) is 11.3 Å². The fraction of sp³-hybridized carbons (Fsp3) is 0.267. The van der Waals surface area contributed by atoms with Crippen molar-refractivity contribution < 1.29 is 13.2 Å². The molecule has 2 aromatic heterocycles. The average molecular weight is 341 g/mol. The molecule has 3 aromatic rings. The van der Waals surface area contributed by atoms with Crippen molar-refractivity contribution in [1.29, 1.82) is 0 Å². The van der Waals surface area contributed by atoms with E-state index in [9.17, 15) is 13.2 Å². The normalized spacial score (nSPS) is 11.8. The van der Waals surface area contributed by atoms with E-state index in [1.165, 1.54) is 16.8 Å². The average Bonchev–Trinajstić information content (AvgIpc) is 2.87. The van der Waals surface area contributed by atoms with Crippen LogP contribution < -0.4 is 0 Å². The quantitative estimate of drug-likeness (QED) is 0.643. The van der Waals surface area contributed by atoms with Crippen molar-refractivity contribution in [2.24, 2.45) is 0 Å². The Hall–Kier alpha value is -2.15. The lowest BCUT2D eigenvalue weighted by Gasteiger charge is -2.13. The minimum absolute atomic E-state index is 0.0219. The highest BCUT2D eigenvalue weighted by Gasteiger charge is 2.23. The molecule has 0 spiro atoms. The van der Waals surface area contributed by atoms with Crippen LogP contribution in [0.3, 0.4) is 0 Å². The molecule has 120 valence electrons. The van der Waals surface area contributed by atoms with Crippen molar-refractivity contribution in [2.45, 2.75) is 26.3 Å². The predicted molar refractivity (Wildman–Crippen MR) is 81.1 cm³/mol. The Morgan fingerprint density at radius 1 is 1.17 bits per heavy atom. The van der Waals surface area contributed by atoms with Gasteiger partial charge in [0, 0.05) is 17.8 Å². The lowest BCUT2D eigenvalue weighted by atomic mass is 10.1. The number of benzene rings is 1. The molecule has 0 unspecified atom stereocenters. The second kappa shape index (κ2) is 5.81. The van der Waals surface area contributed by atoms with Gasteiger partial charge in [-0.2, -0.15) is 0 Å². The van der Waals surface area contributed by atoms with Crippen molar-refractivity contribution in [3.05, 3.63) is 41.3 Å². The molecule has 0 fully saturated rings. The molecular weight excluding hydrogens is 329 g/mol. The molecule has 0 radical (unpaired) electrons. The van der Waals surface area contributed by atoms with Crippen LogP contribution in [0.25, 0.3) is 22.3 Å². The summed E-state index contributed by atoms with van der Waals surface area (Å²) in [5.41, 5.74) is 1.03. The van der Waals surface area contributed by atoms with Crippen LogP contribution in [0, 0.1) is 5.82 Å². The number of nitrogens with zero attached hydrogens (tertiary/aromatic N) is 4. The molecule has 1 aromatic carbocycles. The lowest BCUT2D eigenvalue weighted by Crippen LogP contribution is -2.06. The molecule has 23 heavy (non-hydrogen) atoms. The Balaban J connectivity index is 2.30. The minimum Gasteiger partial charge on any atom is -0.320 e. The molecular formula is C15H12ClF3N4. The van der Waals surface area contributed by atoms with Gasteiger partial charge in [0.2, 0.25) is 5.28 Å². The van der Waals surface area contributed by atoms with E-state index in [-0.39, 0.29) is 16.8 Å². The van der Waals surface area contributed by atoms with Gasteiger partial charge in [-0.05, 0) is 43.6 Å². The highest BCUT2D eigenvalue weighted by atomic mass is 35.5. The highest BCUT2D eigenvalue weighted by molar-refractivity contribution is 6.28. The van der Waals surface area contributed by atoms with Crippen molar-refractivity contribution in [2.75, 3.05) is 0 Å². The van der Waals surface area contributed by atoms with Crippen LogP contribution >= 0.6 is 11.6 Å². The minimum atomic E-state index is -2.79. The van der Waals surface area contributed by atoms with E-state index in [1.807, 2.05) is 0 Å². The first-order valence-corrected chi connectivity index (χ1v) is 7.24. The SMILES string of the molecule is CC(C)n1c(C(F)F)nc2c(F)cc(-c3ccnc(Cl)n3)cc21. The number of halogens is 4. The van der Waals surface area contributed by atoms with Crippen molar-refractivity contribution in [1.82, 2.24) is 19.5 Å². The van der Waals surface area contributed by atoms with Gasteiger partial charge >= 0.3 is 0 Å². The maximum absolute atomic E-state index is 14.4. The summed E-state index contributed by atoms with van der Waals surface area (Å²) in [6, 6.07) is 4.05. The van der Waals surface area contributed by atoms with Crippen molar-refractivity contribution >= 4 is 22.6 Å². The summed E-state index contributed by atoms with van der Waals surface area (Å²) in [7, 11) is 0. The molecule has 0 aliphatic carbocycles. The Bertz CT molecular complexity index is 877. The summed E-state index contributed by atoms with van der Waals surface area (Å²) in [5, 5.41) is 0.0219. The third-order valence-electron chi connectivity index (χ3n) is 3.41. The predicted octanol–water partition coefficient (Wildman–Crippen LogP) is 4.80. The van der Waals surface area contributed by atoms with E-state index in [0.29, 0.717) is 16.8 Å². The number of rotatable bonds is 3. The molecule has 0 aliphatic rings. The molecule has 3 rings (SSSR count). The molecule has 0 bridgehead atoms. The summed E-state index contributed by atoms with van der Waals surface area (Å²) < 4.78 is 42.1. The van der Waals surface area contributed by atoms with Gasteiger partial charge in [-0.15, -0.1) is 0 Å². The number of alkyl halides is 2. The molecule has 0 atom stereocenters. The second-order valence-electron chi connectivity index (χ2n) is 5.27. The van der Waals surface area contributed by atoms with E-state index in [1.54, 1.807) is 26.0 Å². The molecule has 0 saturated carbocycles. The first-order valence-electron chi connectivity index (χ1n) is 6.87. The van der Waals surface area contributed by atoms with Gasteiger partial charge in [0.15, 0.2) is 11.6 Å². The van der Waals surface area contributed by atoms with Crippen molar-refractivity contribution in [3.63, 3.8) is 0 Å². The smallest absolute Gasteiger partial charge is 0.295 e. The molecule has 0 amide bonds. The van der Waals surface area contributed by atoms with Gasteiger partial charge in [-0.25, -0.2) is 28.1 Å². The van der Waals surface area contributed by atoms with Gasteiger partial charge in [-0.3, -0.25) is 0 Å². The molecule has 0 aliphatic heterocycles. The molecule has 2 heterocycles. The topological polar surface area (TPSA) is 43.6 Å². The number of fused-ring (bicyclic) bond motifs is 1. The fourth-order valence-corrected chi connectivity index (χ4v) is 2.66. The van der Waals surface area contributed by atoms with Gasteiger partial charge in [0.05, 0.1) is 11.2 Å². The summed E-state index contributed by atoms with van der Waals surface area (Å²) in [6.07, 6.45) is -1.35. The third-order valence-corrected chi connectivity index (χ3v) is 3.59. The Morgan fingerprint density at radius 3 is 2.52 bits per heavy atom. The highest BCUT2D eigenvalue weighted by Crippen LogP contribution is 2.32. The van der Waals surface area contributed by atoms with Crippen LogP contribution in [-0.4, -0.2) is 19.5 Å². The van der Waals surface area contributed by atoms with Gasteiger partial charge < -0.3 is 4.57 Å². The van der Waals surface area contributed by atoms with Gasteiger partial charge in [0.25, 0.3) is 6.43 Å². The van der Waals surface area contributed by atoms with Gasteiger partial charge in [-0.1, -0.05) is 0 Å². The number of imidazole rings is 1. The van der Waals surface area contributed by atoms with Crippen LogP contribution in [0.1, 0.15) is 32.1 Å². The maximum Gasteiger partial charge on any atom is 0.295 e. The summed E-state index contributed by atoms with van der Waals surface area (Å²) in [4.78, 5) is 11.5. The summed E-state index contributed by atoms with van der Waals surface area (Å²) >= 11 is 5.75. The Labute approximate surface area is 135 Å².